The Morgan fingerprint density at radius 3 is 2.27 bits per heavy atom. The number of rotatable bonds is 5. The van der Waals surface area contributed by atoms with E-state index in [1.54, 1.807) is 0 Å². The molecule has 1 aliphatic heterocycles. The molecular formula is C13H27NO. The van der Waals surface area contributed by atoms with Gasteiger partial charge in [0.15, 0.2) is 0 Å². The highest BCUT2D eigenvalue weighted by Gasteiger charge is 2.40. The molecule has 0 radical (unpaired) electrons. The fourth-order valence-electron chi connectivity index (χ4n) is 2.94. The molecule has 1 saturated heterocycles. The average Bonchev–Trinajstić information content (AvgIpc) is 2.45. The van der Waals surface area contributed by atoms with E-state index in [4.69, 9.17) is 4.74 Å². The minimum absolute atomic E-state index is 0.407. The number of nitrogens with one attached hydrogen (secondary N) is 1. The van der Waals surface area contributed by atoms with Gasteiger partial charge in [-0.15, -0.1) is 0 Å². The van der Waals surface area contributed by atoms with Crippen LogP contribution in [0.1, 0.15) is 47.0 Å². The number of hydrogen-bond donors (Lipinski definition) is 1. The van der Waals surface area contributed by atoms with Crippen LogP contribution in [0.25, 0.3) is 0 Å². The smallest absolute Gasteiger partial charge is 0.0597 e. The van der Waals surface area contributed by atoms with Crippen LogP contribution in [0.2, 0.25) is 0 Å². The fourth-order valence-corrected chi connectivity index (χ4v) is 2.94. The number of unbranched alkanes of at least 4 members (excludes halogenated alkanes) is 1. The lowest BCUT2D eigenvalue weighted by Gasteiger charge is -2.28. The molecule has 0 saturated carbocycles. The van der Waals surface area contributed by atoms with Crippen LogP contribution >= 0.6 is 0 Å². The van der Waals surface area contributed by atoms with Crippen molar-refractivity contribution in [2.45, 2.75) is 65.2 Å². The summed E-state index contributed by atoms with van der Waals surface area (Å²) < 4.78 is 5.91. The summed E-state index contributed by atoms with van der Waals surface area (Å²) in [7, 11) is 2.09. The van der Waals surface area contributed by atoms with E-state index in [1.165, 1.54) is 19.3 Å². The first kappa shape index (κ1) is 13.0. The summed E-state index contributed by atoms with van der Waals surface area (Å²) in [4.78, 5) is 0. The first-order valence-electron chi connectivity index (χ1n) is 6.44. The van der Waals surface area contributed by atoms with Crippen molar-refractivity contribution >= 4 is 0 Å². The van der Waals surface area contributed by atoms with Crippen LogP contribution in [-0.4, -0.2) is 25.3 Å². The lowest BCUT2D eigenvalue weighted by molar-refractivity contribution is 0.0474. The predicted octanol–water partition coefficient (Wildman–Crippen LogP) is 2.82. The van der Waals surface area contributed by atoms with Gasteiger partial charge in [0.1, 0.15) is 0 Å². The molecule has 0 spiro atoms. The molecule has 0 aromatic rings. The van der Waals surface area contributed by atoms with Gasteiger partial charge in [-0.2, -0.15) is 0 Å². The molecule has 0 aromatic carbocycles. The van der Waals surface area contributed by atoms with Crippen molar-refractivity contribution in [3.8, 4) is 0 Å². The third kappa shape index (κ3) is 2.94. The van der Waals surface area contributed by atoms with E-state index in [-0.39, 0.29) is 0 Å². The monoisotopic (exact) mass is 213 g/mol. The molecule has 1 aliphatic rings. The highest BCUT2D eigenvalue weighted by Crippen LogP contribution is 2.35. The Morgan fingerprint density at radius 1 is 1.20 bits per heavy atom. The number of ether oxygens (including phenoxy) is 1. The normalized spacial score (nSPS) is 38.2. The van der Waals surface area contributed by atoms with E-state index >= 15 is 0 Å². The van der Waals surface area contributed by atoms with Crippen LogP contribution in [0.4, 0.5) is 0 Å². The third-order valence-electron chi connectivity index (χ3n) is 4.02. The Balaban J connectivity index is 2.58. The second kappa shape index (κ2) is 5.86. The van der Waals surface area contributed by atoms with Gasteiger partial charge < -0.3 is 10.1 Å². The minimum atomic E-state index is 0.407. The zero-order valence-corrected chi connectivity index (χ0v) is 10.9. The van der Waals surface area contributed by atoms with Crippen molar-refractivity contribution in [2.75, 3.05) is 7.05 Å². The first-order valence-corrected chi connectivity index (χ1v) is 6.44. The van der Waals surface area contributed by atoms with E-state index < -0.39 is 0 Å². The maximum Gasteiger partial charge on any atom is 0.0597 e. The van der Waals surface area contributed by atoms with Gasteiger partial charge in [0.05, 0.1) is 12.2 Å². The van der Waals surface area contributed by atoms with E-state index in [2.05, 4.69) is 40.1 Å². The van der Waals surface area contributed by atoms with E-state index in [0.717, 1.165) is 0 Å². The molecule has 5 atom stereocenters. The average molecular weight is 213 g/mol. The largest absolute Gasteiger partial charge is 0.375 e. The van der Waals surface area contributed by atoms with Gasteiger partial charge in [-0.05, 0) is 33.2 Å². The molecule has 1 fully saturated rings. The topological polar surface area (TPSA) is 21.3 Å². The first-order chi connectivity index (χ1) is 7.11. The third-order valence-corrected chi connectivity index (χ3v) is 4.02. The lowest BCUT2D eigenvalue weighted by atomic mass is 9.81. The summed E-state index contributed by atoms with van der Waals surface area (Å²) in [6.07, 6.45) is 4.70. The molecule has 0 amide bonds. The number of hydrogen-bond acceptors (Lipinski definition) is 2. The summed E-state index contributed by atoms with van der Waals surface area (Å²) in [5.74, 6) is 1.35. The predicted molar refractivity (Wildman–Crippen MR) is 65.0 cm³/mol. The maximum atomic E-state index is 5.91. The van der Waals surface area contributed by atoms with Crippen molar-refractivity contribution in [1.82, 2.24) is 5.32 Å². The van der Waals surface area contributed by atoms with Gasteiger partial charge in [0, 0.05) is 12.0 Å². The van der Waals surface area contributed by atoms with Crippen molar-refractivity contribution in [2.24, 2.45) is 11.8 Å². The van der Waals surface area contributed by atoms with Crippen molar-refractivity contribution in [3.05, 3.63) is 0 Å². The van der Waals surface area contributed by atoms with Gasteiger partial charge in [-0.3, -0.25) is 0 Å². The molecule has 1 heterocycles. The van der Waals surface area contributed by atoms with Crippen LogP contribution in [0.5, 0.6) is 0 Å². The van der Waals surface area contributed by atoms with Gasteiger partial charge in [0.2, 0.25) is 0 Å². The van der Waals surface area contributed by atoms with Crippen molar-refractivity contribution in [3.63, 3.8) is 0 Å². The van der Waals surface area contributed by atoms with Gasteiger partial charge in [-0.1, -0.05) is 26.7 Å². The fraction of sp³-hybridized carbons (Fsp3) is 1.00. The van der Waals surface area contributed by atoms with Crippen LogP contribution in [0, 0.1) is 11.8 Å². The van der Waals surface area contributed by atoms with Crippen LogP contribution in [0.3, 0.4) is 0 Å². The quantitative estimate of drug-likeness (QED) is 0.758. The zero-order valence-electron chi connectivity index (χ0n) is 10.9. The highest BCUT2D eigenvalue weighted by atomic mass is 16.5. The van der Waals surface area contributed by atoms with E-state index in [0.29, 0.717) is 30.1 Å². The van der Waals surface area contributed by atoms with Gasteiger partial charge in [-0.25, -0.2) is 0 Å². The molecule has 15 heavy (non-hydrogen) atoms. The summed E-state index contributed by atoms with van der Waals surface area (Å²) in [5, 5.41) is 3.48. The molecule has 0 bridgehead atoms. The zero-order chi connectivity index (χ0) is 11.4. The molecule has 1 rings (SSSR count). The highest BCUT2D eigenvalue weighted by molar-refractivity contribution is 4.91. The summed E-state index contributed by atoms with van der Waals surface area (Å²) >= 11 is 0. The molecule has 0 aromatic heterocycles. The standard InChI is InChI=1S/C13H27NO/c1-6-7-8-12(14-5)13-9(2)10(3)15-11(13)4/h9-14H,6-8H2,1-5H3. The maximum absolute atomic E-state index is 5.91. The molecule has 2 heteroatoms. The van der Waals surface area contributed by atoms with Crippen LogP contribution < -0.4 is 5.32 Å². The van der Waals surface area contributed by atoms with Crippen LogP contribution in [-0.2, 0) is 4.74 Å². The van der Waals surface area contributed by atoms with E-state index in [1.807, 2.05) is 0 Å². The molecular weight excluding hydrogens is 186 g/mol. The lowest BCUT2D eigenvalue weighted by Crippen LogP contribution is -2.40. The molecule has 90 valence electrons. The van der Waals surface area contributed by atoms with Gasteiger partial charge >= 0.3 is 0 Å². The Hall–Kier alpha value is -0.0800. The Bertz CT molecular complexity index is 183. The minimum Gasteiger partial charge on any atom is -0.375 e. The Morgan fingerprint density at radius 2 is 1.87 bits per heavy atom. The van der Waals surface area contributed by atoms with Crippen molar-refractivity contribution < 1.29 is 4.74 Å². The van der Waals surface area contributed by atoms with Crippen LogP contribution in [0.15, 0.2) is 0 Å². The summed E-state index contributed by atoms with van der Waals surface area (Å²) in [6, 6.07) is 0.625. The molecule has 5 unspecified atom stereocenters. The summed E-state index contributed by atoms with van der Waals surface area (Å²) in [6.45, 7) is 9.01. The van der Waals surface area contributed by atoms with Crippen molar-refractivity contribution in [1.29, 1.82) is 0 Å². The second-order valence-corrected chi connectivity index (χ2v) is 5.02. The molecule has 0 aliphatic carbocycles. The van der Waals surface area contributed by atoms with Gasteiger partial charge in [0.25, 0.3) is 0 Å². The van der Waals surface area contributed by atoms with E-state index in [9.17, 15) is 0 Å². The molecule has 1 N–H and O–H groups in total. The SMILES string of the molecule is CCCCC(NC)C1C(C)OC(C)C1C. The second-order valence-electron chi connectivity index (χ2n) is 5.02. The summed E-state index contributed by atoms with van der Waals surface area (Å²) in [5.41, 5.74) is 0. The Labute approximate surface area is 94.8 Å². The molecule has 2 nitrogen and oxygen atoms in total. The Kier molecular flexibility index (Phi) is 5.07.